The highest BCUT2D eigenvalue weighted by Gasteiger charge is 2.13. The summed E-state index contributed by atoms with van der Waals surface area (Å²) in [4.78, 5) is 0. The van der Waals surface area contributed by atoms with Gasteiger partial charge in [-0.25, -0.2) is 8.78 Å². The van der Waals surface area contributed by atoms with E-state index in [0.717, 1.165) is 22.2 Å². The van der Waals surface area contributed by atoms with Crippen LogP contribution in [-0.2, 0) is 6.54 Å². The predicted octanol–water partition coefficient (Wildman–Crippen LogP) is 4.45. The van der Waals surface area contributed by atoms with Crippen LogP contribution in [0.4, 0.5) is 8.78 Å². The average Bonchev–Trinajstić information content (AvgIpc) is 2.45. The molecule has 2 aromatic carbocycles. The Bertz CT molecular complexity index is 672. The van der Waals surface area contributed by atoms with Gasteiger partial charge < -0.3 is 5.32 Å². The van der Waals surface area contributed by atoms with Gasteiger partial charge in [0.05, 0.1) is 11.6 Å². The lowest BCUT2D eigenvalue weighted by atomic mass is 10.1. The zero-order valence-electron chi connectivity index (χ0n) is 11.3. The third-order valence-corrected chi connectivity index (χ3v) is 3.70. The second-order valence-corrected chi connectivity index (χ2v) is 5.60. The average molecular weight is 351 g/mol. The van der Waals surface area contributed by atoms with Crippen LogP contribution in [0.25, 0.3) is 0 Å². The van der Waals surface area contributed by atoms with Crippen LogP contribution in [0.3, 0.4) is 0 Å². The molecule has 0 aliphatic carbocycles. The fourth-order valence-corrected chi connectivity index (χ4v) is 2.40. The van der Waals surface area contributed by atoms with E-state index in [1.165, 1.54) is 0 Å². The molecule has 0 spiro atoms. The van der Waals surface area contributed by atoms with Gasteiger partial charge in [0, 0.05) is 22.6 Å². The fraction of sp³-hybridized carbons (Fsp3) is 0.188. The van der Waals surface area contributed by atoms with Crippen molar-refractivity contribution in [1.82, 2.24) is 5.32 Å². The first-order chi connectivity index (χ1) is 10.0. The first-order valence-electron chi connectivity index (χ1n) is 6.38. The van der Waals surface area contributed by atoms with Crippen molar-refractivity contribution in [3.63, 3.8) is 0 Å². The first-order valence-corrected chi connectivity index (χ1v) is 7.17. The molecule has 0 saturated heterocycles. The molecule has 0 heterocycles. The summed E-state index contributed by atoms with van der Waals surface area (Å²) in [6, 6.07) is 11.5. The molecule has 108 valence electrons. The van der Waals surface area contributed by atoms with Crippen molar-refractivity contribution in [2.75, 3.05) is 0 Å². The van der Waals surface area contributed by atoms with E-state index in [1.54, 1.807) is 6.07 Å². The minimum Gasteiger partial charge on any atom is -0.306 e. The van der Waals surface area contributed by atoms with Crippen LogP contribution in [0.1, 0.15) is 29.7 Å². The Labute approximate surface area is 130 Å². The van der Waals surface area contributed by atoms with E-state index in [4.69, 9.17) is 5.26 Å². The molecule has 21 heavy (non-hydrogen) atoms. The predicted molar refractivity (Wildman–Crippen MR) is 80.5 cm³/mol. The molecule has 1 N–H and O–H groups in total. The van der Waals surface area contributed by atoms with Crippen LogP contribution < -0.4 is 5.32 Å². The van der Waals surface area contributed by atoms with E-state index in [2.05, 4.69) is 21.2 Å². The summed E-state index contributed by atoms with van der Waals surface area (Å²) < 4.78 is 28.5. The Morgan fingerprint density at radius 2 is 1.90 bits per heavy atom. The zero-order valence-corrected chi connectivity index (χ0v) is 12.9. The number of rotatable bonds is 4. The Hall–Kier alpha value is -1.77. The van der Waals surface area contributed by atoms with Crippen molar-refractivity contribution in [3.05, 3.63) is 69.2 Å². The van der Waals surface area contributed by atoms with Crippen molar-refractivity contribution in [2.24, 2.45) is 0 Å². The van der Waals surface area contributed by atoms with Gasteiger partial charge in [0.2, 0.25) is 0 Å². The summed E-state index contributed by atoms with van der Waals surface area (Å²) in [6.07, 6.45) is 0. The van der Waals surface area contributed by atoms with Crippen LogP contribution in [0.2, 0.25) is 0 Å². The molecular formula is C16H13BrF2N2. The number of hydrogen-bond donors (Lipinski definition) is 1. The van der Waals surface area contributed by atoms with Crippen molar-refractivity contribution in [3.8, 4) is 6.07 Å². The minimum atomic E-state index is -0.708. The molecule has 0 amide bonds. The van der Waals surface area contributed by atoms with Crippen molar-refractivity contribution >= 4 is 15.9 Å². The summed E-state index contributed by atoms with van der Waals surface area (Å²) in [5.74, 6) is -1.42. The maximum atomic E-state index is 13.8. The number of hydrogen-bond acceptors (Lipinski definition) is 2. The highest BCUT2D eigenvalue weighted by Crippen LogP contribution is 2.20. The third kappa shape index (κ3) is 3.87. The molecule has 0 radical (unpaired) electrons. The summed E-state index contributed by atoms with van der Waals surface area (Å²) >= 11 is 3.39. The molecule has 0 unspecified atom stereocenters. The lowest BCUT2D eigenvalue weighted by molar-refractivity contribution is 0.508. The van der Waals surface area contributed by atoms with Crippen LogP contribution in [0, 0.1) is 23.0 Å². The van der Waals surface area contributed by atoms with E-state index in [1.807, 2.05) is 31.2 Å². The molecule has 0 fully saturated rings. The Morgan fingerprint density at radius 3 is 2.48 bits per heavy atom. The molecular weight excluding hydrogens is 338 g/mol. The SMILES string of the molecule is C[C@@H](NCc1c(F)cc(C#N)cc1F)c1cccc(Br)c1. The van der Waals surface area contributed by atoms with Gasteiger partial charge >= 0.3 is 0 Å². The van der Waals surface area contributed by atoms with Crippen molar-refractivity contribution in [1.29, 1.82) is 5.26 Å². The zero-order chi connectivity index (χ0) is 15.4. The lowest BCUT2D eigenvalue weighted by Crippen LogP contribution is -2.19. The smallest absolute Gasteiger partial charge is 0.131 e. The van der Waals surface area contributed by atoms with Crippen LogP contribution in [0.5, 0.6) is 0 Å². The molecule has 0 aromatic heterocycles. The lowest BCUT2D eigenvalue weighted by Gasteiger charge is -2.15. The van der Waals surface area contributed by atoms with E-state index in [0.29, 0.717) is 0 Å². The molecule has 1 atom stereocenters. The van der Waals surface area contributed by atoms with Crippen LogP contribution in [0.15, 0.2) is 40.9 Å². The van der Waals surface area contributed by atoms with Crippen molar-refractivity contribution < 1.29 is 8.78 Å². The normalized spacial score (nSPS) is 12.0. The van der Waals surface area contributed by atoms with E-state index in [-0.39, 0.29) is 23.7 Å². The third-order valence-electron chi connectivity index (χ3n) is 3.20. The topological polar surface area (TPSA) is 35.8 Å². The van der Waals surface area contributed by atoms with Gasteiger partial charge in [0.25, 0.3) is 0 Å². The Kier molecular flexibility index (Phi) is 5.05. The number of nitrogens with zero attached hydrogens (tertiary/aromatic N) is 1. The monoisotopic (exact) mass is 350 g/mol. The fourth-order valence-electron chi connectivity index (χ4n) is 1.99. The first kappa shape index (κ1) is 15.6. The summed E-state index contributed by atoms with van der Waals surface area (Å²) in [7, 11) is 0. The van der Waals surface area contributed by atoms with Gasteiger partial charge in [-0.2, -0.15) is 5.26 Å². The molecule has 5 heteroatoms. The minimum absolute atomic E-state index is 0.0196. The van der Waals surface area contributed by atoms with E-state index < -0.39 is 11.6 Å². The number of nitrogens with one attached hydrogen (secondary N) is 1. The summed E-state index contributed by atoms with van der Waals surface area (Å²) in [5.41, 5.74) is 0.934. The Morgan fingerprint density at radius 1 is 1.24 bits per heavy atom. The molecule has 0 saturated carbocycles. The summed E-state index contributed by atoms with van der Waals surface area (Å²) in [5, 5.41) is 11.7. The molecule has 0 aliphatic rings. The second kappa shape index (κ2) is 6.79. The maximum absolute atomic E-state index is 13.8. The largest absolute Gasteiger partial charge is 0.306 e. The van der Waals surface area contributed by atoms with Crippen molar-refractivity contribution in [2.45, 2.75) is 19.5 Å². The molecule has 2 nitrogen and oxygen atoms in total. The summed E-state index contributed by atoms with van der Waals surface area (Å²) in [6.45, 7) is 1.97. The van der Waals surface area contributed by atoms with Gasteiger partial charge in [0.1, 0.15) is 11.6 Å². The highest BCUT2D eigenvalue weighted by atomic mass is 79.9. The van der Waals surface area contributed by atoms with Crippen LogP contribution in [-0.4, -0.2) is 0 Å². The van der Waals surface area contributed by atoms with Gasteiger partial charge in [-0.1, -0.05) is 28.1 Å². The van der Waals surface area contributed by atoms with Gasteiger partial charge in [-0.3, -0.25) is 0 Å². The van der Waals surface area contributed by atoms with E-state index in [9.17, 15) is 8.78 Å². The number of halogens is 3. The second-order valence-electron chi connectivity index (χ2n) is 4.69. The van der Waals surface area contributed by atoms with Crippen LogP contribution >= 0.6 is 15.9 Å². The molecule has 2 rings (SSSR count). The number of benzene rings is 2. The number of nitriles is 1. The standard InChI is InChI=1S/C16H13BrF2N2/c1-10(12-3-2-4-13(17)7-12)21-9-14-15(18)5-11(8-20)6-16(14)19/h2-7,10,21H,9H2,1H3/t10-/m1/s1. The van der Waals surface area contributed by atoms with Gasteiger partial charge in [0.15, 0.2) is 0 Å². The molecule has 0 aliphatic heterocycles. The highest BCUT2D eigenvalue weighted by molar-refractivity contribution is 9.10. The Balaban J connectivity index is 2.12. The van der Waals surface area contributed by atoms with Gasteiger partial charge in [-0.05, 0) is 36.8 Å². The molecule has 2 aromatic rings. The maximum Gasteiger partial charge on any atom is 0.131 e. The quantitative estimate of drug-likeness (QED) is 0.884. The van der Waals surface area contributed by atoms with Gasteiger partial charge in [-0.15, -0.1) is 0 Å². The van der Waals surface area contributed by atoms with E-state index >= 15 is 0 Å². The molecule has 0 bridgehead atoms.